The molecule has 1 saturated carbocycles. The van der Waals surface area contributed by atoms with Crippen LogP contribution in [0.25, 0.3) is 0 Å². The van der Waals surface area contributed by atoms with E-state index in [1.54, 1.807) is 0 Å². The van der Waals surface area contributed by atoms with E-state index in [4.69, 9.17) is 4.74 Å². The van der Waals surface area contributed by atoms with Gasteiger partial charge in [0, 0.05) is 19.4 Å². The predicted octanol–water partition coefficient (Wildman–Crippen LogP) is -0.375. The molecule has 0 aromatic heterocycles. The molecule has 2 aliphatic rings. The Morgan fingerprint density at radius 3 is 2.50 bits per heavy atom. The molecular formula is C9H13NO4. The number of ketones is 2. The van der Waals surface area contributed by atoms with Crippen molar-refractivity contribution in [3.05, 3.63) is 0 Å². The third kappa shape index (κ3) is 1.58. The van der Waals surface area contributed by atoms with Crippen LogP contribution in [0.5, 0.6) is 0 Å². The number of nitrogens with zero attached hydrogens (tertiary/aromatic N) is 1. The van der Waals surface area contributed by atoms with Crippen LogP contribution in [0.4, 0.5) is 0 Å². The summed E-state index contributed by atoms with van der Waals surface area (Å²) in [6.45, 7) is 1.07. The number of carbonyl (C=O) groups is 2. The van der Waals surface area contributed by atoms with Gasteiger partial charge >= 0.3 is 0 Å². The summed E-state index contributed by atoms with van der Waals surface area (Å²) < 4.78 is 5.16. The van der Waals surface area contributed by atoms with Crippen molar-refractivity contribution in [2.75, 3.05) is 19.8 Å². The predicted molar refractivity (Wildman–Crippen MR) is 45.8 cm³/mol. The highest BCUT2D eigenvalue weighted by Gasteiger charge is 2.42. The summed E-state index contributed by atoms with van der Waals surface area (Å²) >= 11 is 0. The van der Waals surface area contributed by atoms with Gasteiger partial charge < -0.3 is 9.94 Å². The Balaban J connectivity index is 2.12. The van der Waals surface area contributed by atoms with E-state index in [2.05, 4.69) is 0 Å². The summed E-state index contributed by atoms with van der Waals surface area (Å²) in [4.78, 5) is 22.8. The van der Waals surface area contributed by atoms with Crippen molar-refractivity contribution in [3.8, 4) is 0 Å². The molecule has 5 heteroatoms. The summed E-state index contributed by atoms with van der Waals surface area (Å²) in [5.74, 6) is -0.797. The van der Waals surface area contributed by atoms with Crippen LogP contribution in [0.15, 0.2) is 0 Å². The zero-order valence-corrected chi connectivity index (χ0v) is 7.81. The second-order valence-corrected chi connectivity index (χ2v) is 3.72. The van der Waals surface area contributed by atoms with E-state index in [-0.39, 0.29) is 18.2 Å². The Morgan fingerprint density at radius 2 is 1.93 bits per heavy atom. The zero-order chi connectivity index (χ0) is 10.1. The second-order valence-electron chi connectivity index (χ2n) is 3.72. The van der Waals surface area contributed by atoms with Gasteiger partial charge in [-0.15, -0.1) is 0 Å². The Labute approximate surface area is 81.6 Å². The maximum absolute atomic E-state index is 11.4. The summed E-state index contributed by atoms with van der Waals surface area (Å²) in [6.07, 6.45) is 0.627. The topological polar surface area (TPSA) is 66.8 Å². The molecule has 1 aliphatic carbocycles. The quantitative estimate of drug-likeness (QED) is 0.583. The first-order chi connectivity index (χ1) is 6.70. The van der Waals surface area contributed by atoms with Crippen molar-refractivity contribution in [1.29, 1.82) is 0 Å². The second kappa shape index (κ2) is 3.76. The molecule has 1 saturated heterocycles. The van der Waals surface area contributed by atoms with Crippen molar-refractivity contribution < 1.29 is 19.5 Å². The maximum Gasteiger partial charge on any atom is 0.145 e. The van der Waals surface area contributed by atoms with Gasteiger partial charge in [-0.05, 0) is 0 Å². The lowest BCUT2D eigenvalue weighted by atomic mass is 9.96. The molecule has 1 aliphatic heterocycles. The van der Waals surface area contributed by atoms with Crippen molar-refractivity contribution >= 4 is 11.6 Å². The molecule has 2 fully saturated rings. The first-order valence-corrected chi connectivity index (χ1v) is 4.79. The molecule has 5 nitrogen and oxygen atoms in total. The van der Waals surface area contributed by atoms with Gasteiger partial charge in [0.2, 0.25) is 0 Å². The molecule has 0 bridgehead atoms. The Kier molecular flexibility index (Phi) is 2.62. The van der Waals surface area contributed by atoms with Gasteiger partial charge in [-0.25, -0.2) is 0 Å². The highest BCUT2D eigenvalue weighted by Crippen LogP contribution is 2.25. The Bertz CT molecular complexity index is 250. The Morgan fingerprint density at radius 1 is 1.29 bits per heavy atom. The molecular weight excluding hydrogens is 186 g/mol. The maximum atomic E-state index is 11.4. The molecule has 0 amide bonds. The van der Waals surface area contributed by atoms with Crippen LogP contribution in [0.2, 0.25) is 0 Å². The molecule has 0 aromatic rings. The molecule has 0 spiro atoms. The van der Waals surface area contributed by atoms with Gasteiger partial charge in [0.15, 0.2) is 0 Å². The van der Waals surface area contributed by atoms with Crippen LogP contribution in [-0.4, -0.2) is 47.6 Å². The van der Waals surface area contributed by atoms with E-state index in [1.807, 2.05) is 0 Å². The van der Waals surface area contributed by atoms with Crippen LogP contribution in [0.1, 0.15) is 12.8 Å². The summed E-state index contributed by atoms with van der Waals surface area (Å²) in [6, 6.07) is -0.466. The smallest absolute Gasteiger partial charge is 0.145 e. The highest BCUT2D eigenvalue weighted by molar-refractivity contribution is 6.09. The average Bonchev–Trinajstić information content (AvgIpc) is 2.48. The number of rotatable bonds is 1. The third-order valence-electron chi connectivity index (χ3n) is 2.83. The van der Waals surface area contributed by atoms with Gasteiger partial charge in [-0.2, -0.15) is 5.06 Å². The van der Waals surface area contributed by atoms with Crippen molar-refractivity contribution in [2.24, 2.45) is 5.92 Å². The average molecular weight is 199 g/mol. The van der Waals surface area contributed by atoms with Crippen LogP contribution >= 0.6 is 0 Å². The zero-order valence-electron chi connectivity index (χ0n) is 7.81. The molecule has 1 N–H and O–H groups in total. The van der Waals surface area contributed by atoms with Crippen molar-refractivity contribution in [2.45, 2.75) is 18.9 Å². The van der Waals surface area contributed by atoms with E-state index >= 15 is 0 Å². The number of Topliss-reactive ketones (excluding diaryl/α,β-unsaturated/α-hetero) is 2. The molecule has 1 heterocycles. The van der Waals surface area contributed by atoms with Gasteiger partial charge in [-0.3, -0.25) is 9.59 Å². The Hall–Kier alpha value is -0.780. The molecule has 0 aromatic carbocycles. The SMILES string of the molecule is O=C1CCC(=O)C1C1COCCN1O. The third-order valence-corrected chi connectivity index (χ3v) is 2.83. The largest absolute Gasteiger partial charge is 0.378 e. The van der Waals surface area contributed by atoms with E-state index in [0.717, 1.165) is 5.06 Å². The van der Waals surface area contributed by atoms with Crippen LogP contribution in [-0.2, 0) is 14.3 Å². The van der Waals surface area contributed by atoms with E-state index < -0.39 is 12.0 Å². The van der Waals surface area contributed by atoms with Crippen LogP contribution in [0.3, 0.4) is 0 Å². The monoisotopic (exact) mass is 199 g/mol. The molecule has 1 atom stereocenters. The summed E-state index contributed by atoms with van der Waals surface area (Å²) in [5, 5.41) is 10.6. The van der Waals surface area contributed by atoms with E-state index in [1.165, 1.54) is 0 Å². The molecule has 14 heavy (non-hydrogen) atoms. The van der Waals surface area contributed by atoms with Crippen molar-refractivity contribution in [3.63, 3.8) is 0 Å². The minimum atomic E-state index is -0.666. The lowest BCUT2D eigenvalue weighted by molar-refractivity contribution is -0.195. The fourth-order valence-corrected chi connectivity index (χ4v) is 2.05. The van der Waals surface area contributed by atoms with Gasteiger partial charge in [0.1, 0.15) is 11.6 Å². The van der Waals surface area contributed by atoms with Gasteiger partial charge in [-0.1, -0.05) is 0 Å². The highest BCUT2D eigenvalue weighted by atomic mass is 16.5. The van der Waals surface area contributed by atoms with Crippen LogP contribution < -0.4 is 0 Å². The number of hydroxylamine groups is 2. The number of hydrogen-bond acceptors (Lipinski definition) is 5. The first-order valence-electron chi connectivity index (χ1n) is 4.79. The number of hydrogen-bond donors (Lipinski definition) is 1. The summed E-state index contributed by atoms with van der Waals surface area (Å²) in [5.41, 5.74) is 0. The van der Waals surface area contributed by atoms with Gasteiger partial charge in [0.05, 0.1) is 25.2 Å². The lowest BCUT2D eigenvalue weighted by Crippen LogP contribution is -2.50. The minimum Gasteiger partial charge on any atom is -0.378 e. The van der Waals surface area contributed by atoms with E-state index in [9.17, 15) is 14.8 Å². The number of ether oxygens (including phenoxy) is 1. The standard InChI is InChI=1S/C9H13NO4/c11-7-1-2-8(12)9(7)6-5-14-4-3-10(6)13/h6,9,13H,1-5H2. The molecule has 1 unspecified atom stereocenters. The number of morpholine rings is 1. The van der Waals surface area contributed by atoms with Crippen LogP contribution in [0, 0.1) is 5.92 Å². The molecule has 78 valence electrons. The minimum absolute atomic E-state index is 0.0652. The number of carbonyl (C=O) groups excluding carboxylic acids is 2. The summed E-state index contributed by atoms with van der Waals surface area (Å²) in [7, 11) is 0. The molecule has 2 rings (SSSR count). The fourth-order valence-electron chi connectivity index (χ4n) is 2.05. The fraction of sp³-hybridized carbons (Fsp3) is 0.778. The van der Waals surface area contributed by atoms with Gasteiger partial charge in [0.25, 0.3) is 0 Å². The molecule has 0 radical (unpaired) electrons. The normalized spacial score (nSPS) is 31.4. The van der Waals surface area contributed by atoms with Crippen molar-refractivity contribution in [1.82, 2.24) is 5.06 Å². The first kappa shape index (κ1) is 9.76. The lowest BCUT2D eigenvalue weighted by Gasteiger charge is -2.32. The van der Waals surface area contributed by atoms with E-state index in [0.29, 0.717) is 26.0 Å².